The van der Waals surface area contributed by atoms with Crippen LogP contribution in [0.1, 0.15) is 87.9 Å². The highest BCUT2D eigenvalue weighted by Gasteiger charge is 2.68. The molecule has 6 bridgehead atoms. The Labute approximate surface area is 358 Å². The quantitative estimate of drug-likeness (QED) is 0.151. The molecule has 8 aliphatic rings. The van der Waals surface area contributed by atoms with E-state index in [-0.39, 0.29) is 73.4 Å². The summed E-state index contributed by atoms with van der Waals surface area (Å²) in [5, 5.41) is 19.7. The van der Waals surface area contributed by atoms with Crippen molar-refractivity contribution in [3.63, 3.8) is 0 Å². The molecular formula is C47H64O14. The monoisotopic (exact) mass is 852 g/mol. The number of aliphatic hydroxyl groups excluding tert-OH is 2. The smallest absolute Gasteiger partial charge is 0.338 e. The van der Waals surface area contributed by atoms with Crippen molar-refractivity contribution in [2.45, 2.75) is 175 Å². The summed E-state index contributed by atoms with van der Waals surface area (Å²) in [4.78, 5) is 25.8. The van der Waals surface area contributed by atoms with E-state index in [1.54, 1.807) is 37.5 Å². The van der Waals surface area contributed by atoms with Crippen LogP contribution in [-0.4, -0.2) is 140 Å². The van der Waals surface area contributed by atoms with Gasteiger partial charge in [-0.3, -0.25) is 4.79 Å². The van der Waals surface area contributed by atoms with Crippen LogP contribution >= 0.6 is 0 Å². The van der Waals surface area contributed by atoms with Gasteiger partial charge >= 0.3 is 11.9 Å². The molecule has 1 unspecified atom stereocenters. The normalized spacial score (nSPS) is 41.8. The van der Waals surface area contributed by atoms with Crippen LogP contribution in [0, 0.1) is 11.8 Å². The fraction of sp³-hybridized carbons (Fsp3) is 0.702. The third-order valence-electron chi connectivity index (χ3n) is 14.2. The van der Waals surface area contributed by atoms with E-state index >= 15 is 0 Å². The average Bonchev–Trinajstić information content (AvgIpc) is 3.94. The topological polar surface area (TPSA) is 167 Å². The maximum absolute atomic E-state index is 13.3. The number of rotatable bonds is 18. The second kappa shape index (κ2) is 19.0. The Morgan fingerprint density at radius 3 is 2.39 bits per heavy atom. The Bertz CT molecular complexity index is 1740. The zero-order valence-corrected chi connectivity index (χ0v) is 35.7. The van der Waals surface area contributed by atoms with E-state index in [0.29, 0.717) is 37.7 Å². The maximum atomic E-state index is 13.3. The van der Waals surface area contributed by atoms with Crippen LogP contribution < -0.4 is 0 Å². The minimum absolute atomic E-state index is 0.0457. The van der Waals surface area contributed by atoms with Gasteiger partial charge in [0.25, 0.3) is 0 Å². The number of hydrogen-bond acceptors (Lipinski definition) is 14. The van der Waals surface area contributed by atoms with Gasteiger partial charge in [0, 0.05) is 38.7 Å². The van der Waals surface area contributed by atoms with Gasteiger partial charge in [0.2, 0.25) is 0 Å². The predicted octanol–water partition coefficient (Wildman–Crippen LogP) is 4.93. The second-order valence-electron chi connectivity index (χ2n) is 18.2. The lowest BCUT2D eigenvalue weighted by Crippen LogP contribution is -2.59. The summed E-state index contributed by atoms with van der Waals surface area (Å²) in [6.45, 7) is 14.5. The van der Waals surface area contributed by atoms with Crippen molar-refractivity contribution < 1.29 is 67.2 Å². The average molecular weight is 853 g/mol. The standard InChI is InChI=1S/C47H64O14/c1-7-11-34-41(59-46(51)28-12-9-8-10-13-28)45-44-43(57-34)42-38(58-44)23-47(60-42,61-45)17-16-31-19-26(3)33(54-31)15-14-30-18-25(2)27(4)35(55-30)22-36-32(21-39(50)52-5)40(53-6)37(56-36)20-29(49)24-48/h7-10,12-13,25,29-38,40-45,48-49H,1,3-4,11,14-24H2,2,5-6H3/t25-,29+,30+,31+,32+,33+,34+,35-,36+,37-,38-,40-,41+,42?,43+,44-,45+,47+/m1/s1. The fourth-order valence-electron chi connectivity index (χ4n) is 11.0. The van der Waals surface area contributed by atoms with Gasteiger partial charge in [-0.05, 0) is 67.7 Å². The van der Waals surface area contributed by atoms with Crippen LogP contribution in [0.4, 0.5) is 0 Å². The lowest BCUT2D eigenvalue weighted by molar-refractivity contribution is -0.272. The number of carbonyl (C=O) groups excluding carboxylic acids is 2. The molecule has 9 rings (SSSR count). The van der Waals surface area contributed by atoms with E-state index in [1.165, 1.54) is 7.11 Å². The molecule has 1 aromatic carbocycles. The molecule has 14 heteroatoms. The largest absolute Gasteiger partial charge is 0.469 e. The Morgan fingerprint density at radius 2 is 1.66 bits per heavy atom. The second-order valence-corrected chi connectivity index (χ2v) is 18.2. The molecule has 0 aromatic heterocycles. The molecule has 8 heterocycles. The third-order valence-corrected chi connectivity index (χ3v) is 14.2. The summed E-state index contributed by atoms with van der Waals surface area (Å²) in [6, 6.07) is 8.92. The maximum Gasteiger partial charge on any atom is 0.338 e. The molecule has 2 N–H and O–H groups in total. The zero-order chi connectivity index (χ0) is 43.0. The van der Waals surface area contributed by atoms with Gasteiger partial charge in [-0.1, -0.05) is 44.4 Å². The van der Waals surface area contributed by atoms with Crippen LogP contribution in [0.5, 0.6) is 0 Å². The molecule has 8 saturated heterocycles. The van der Waals surface area contributed by atoms with Crippen LogP contribution in [0.15, 0.2) is 67.3 Å². The summed E-state index contributed by atoms with van der Waals surface area (Å²) in [5.41, 5.74) is 2.49. The lowest BCUT2D eigenvalue weighted by Gasteiger charge is -2.43. The summed E-state index contributed by atoms with van der Waals surface area (Å²) in [7, 11) is 2.93. The molecule has 8 aliphatic heterocycles. The molecule has 0 spiro atoms. The third kappa shape index (κ3) is 9.31. The van der Waals surface area contributed by atoms with E-state index in [2.05, 4.69) is 26.7 Å². The summed E-state index contributed by atoms with van der Waals surface area (Å²) in [5.74, 6) is -1.86. The Hall–Kier alpha value is -3.02. The van der Waals surface area contributed by atoms with Crippen molar-refractivity contribution >= 4 is 11.9 Å². The Morgan fingerprint density at radius 1 is 0.902 bits per heavy atom. The number of esters is 2. The zero-order valence-electron chi connectivity index (χ0n) is 35.7. The predicted molar refractivity (Wildman–Crippen MR) is 219 cm³/mol. The Balaban J connectivity index is 0.870. The fourth-order valence-corrected chi connectivity index (χ4v) is 11.0. The van der Waals surface area contributed by atoms with Crippen LogP contribution in [0.3, 0.4) is 0 Å². The van der Waals surface area contributed by atoms with Gasteiger partial charge in [0.1, 0.15) is 30.5 Å². The minimum atomic E-state index is -0.970. The molecule has 61 heavy (non-hydrogen) atoms. The van der Waals surface area contributed by atoms with Crippen LogP contribution in [0.2, 0.25) is 0 Å². The van der Waals surface area contributed by atoms with Gasteiger partial charge < -0.3 is 57.6 Å². The SMILES string of the molecule is C=CC[C@@H]1O[C@H]2C3O[C@]4(CC[C@H]5CC(=C)[C@H](CC[C@H]6C[C@@H](C)C(=C)[C@@H](C[C@@H]7O[C@H](C[C@H](O)CO)[C@H](OC)[C@H]7CC(=O)OC)O6)O5)C[C@H]3O[C@H]2[C@@H](O4)[C@H]1OC(=O)c1ccccc1. The summed E-state index contributed by atoms with van der Waals surface area (Å²) in [6.07, 6.45) is 2.09. The van der Waals surface area contributed by atoms with Gasteiger partial charge in [0.15, 0.2) is 11.9 Å². The summed E-state index contributed by atoms with van der Waals surface area (Å²) < 4.78 is 63.6. The highest BCUT2D eigenvalue weighted by Crippen LogP contribution is 2.53. The number of carbonyl (C=O) groups is 2. The van der Waals surface area contributed by atoms with E-state index in [9.17, 15) is 19.8 Å². The first-order valence-electron chi connectivity index (χ1n) is 22.2. The Kier molecular flexibility index (Phi) is 13.9. The molecule has 14 nitrogen and oxygen atoms in total. The molecule has 8 fully saturated rings. The number of ether oxygens (including phenoxy) is 10. The number of methoxy groups -OCH3 is 2. The van der Waals surface area contributed by atoms with E-state index in [4.69, 9.17) is 47.4 Å². The van der Waals surface area contributed by atoms with Gasteiger partial charge in [-0.15, -0.1) is 6.58 Å². The molecule has 336 valence electrons. The van der Waals surface area contributed by atoms with Crippen molar-refractivity contribution in [3.05, 3.63) is 72.9 Å². The molecule has 0 aliphatic carbocycles. The highest BCUT2D eigenvalue weighted by atomic mass is 16.8. The number of hydrogen-bond donors (Lipinski definition) is 2. The van der Waals surface area contributed by atoms with Gasteiger partial charge in [-0.2, -0.15) is 0 Å². The molecule has 1 aromatic rings. The van der Waals surface area contributed by atoms with Crippen molar-refractivity contribution in [2.24, 2.45) is 11.8 Å². The first-order valence-corrected chi connectivity index (χ1v) is 22.2. The first-order chi connectivity index (χ1) is 29.4. The van der Waals surface area contributed by atoms with Crippen molar-refractivity contribution in [1.82, 2.24) is 0 Å². The number of aliphatic hydroxyl groups is 2. The summed E-state index contributed by atoms with van der Waals surface area (Å²) >= 11 is 0. The van der Waals surface area contributed by atoms with Gasteiger partial charge in [0.05, 0.1) is 80.6 Å². The molecule has 0 amide bonds. The van der Waals surface area contributed by atoms with Crippen LogP contribution in [-0.2, 0) is 52.2 Å². The molecular weight excluding hydrogens is 789 g/mol. The highest BCUT2D eigenvalue weighted by molar-refractivity contribution is 5.89. The van der Waals surface area contributed by atoms with E-state index < -0.39 is 67.2 Å². The van der Waals surface area contributed by atoms with Crippen molar-refractivity contribution in [1.29, 1.82) is 0 Å². The molecule has 0 radical (unpaired) electrons. The van der Waals surface area contributed by atoms with Crippen molar-refractivity contribution in [3.8, 4) is 0 Å². The van der Waals surface area contributed by atoms with E-state index in [0.717, 1.165) is 36.8 Å². The minimum Gasteiger partial charge on any atom is -0.469 e. The van der Waals surface area contributed by atoms with Crippen molar-refractivity contribution in [2.75, 3.05) is 20.8 Å². The molecule has 18 atom stereocenters. The number of benzene rings is 1. The van der Waals surface area contributed by atoms with Crippen LogP contribution in [0.25, 0.3) is 0 Å². The van der Waals surface area contributed by atoms with E-state index in [1.807, 2.05) is 6.07 Å². The first kappa shape index (κ1) is 44.6. The molecule has 0 saturated carbocycles. The van der Waals surface area contributed by atoms with Gasteiger partial charge in [-0.25, -0.2) is 4.79 Å². The lowest BCUT2D eigenvalue weighted by atomic mass is 9.82.